The maximum absolute atomic E-state index is 5.80. The molecule has 0 saturated carbocycles. The SMILES string of the molecule is CCOc1nc(Cl)nc(NCCCCCCSC)n1. The highest BCUT2D eigenvalue weighted by Crippen LogP contribution is 2.11. The van der Waals surface area contributed by atoms with Gasteiger partial charge in [-0.3, -0.25) is 0 Å². The quantitative estimate of drug-likeness (QED) is 0.670. The van der Waals surface area contributed by atoms with Crippen LogP contribution in [0.15, 0.2) is 0 Å². The normalized spacial score (nSPS) is 10.5. The number of anilines is 1. The summed E-state index contributed by atoms with van der Waals surface area (Å²) in [7, 11) is 0. The molecule has 0 unspecified atom stereocenters. The molecule has 0 saturated heterocycles. The molecule has 0 atom stereocenters. The van der Waals surface area contributed by atoms with Gasteiger partial charge in [0.05, 0.1) is 6.61 Å². The zero-order valence-corrected chi connectivity index (χ0v) is 13.1. The largest absolute Gasteiger partial charge is 0.464 e. The molecule has 1 aromatic rings. The lowest BCUT2D eigenvalue weighted by atomic mass is 10.2. The van der Waals surface area contributed by atoms with Crippen molar-refractivity contribution >= 4 is 29.3 Å². The number of aromatic nitrogens is 3. The van der Waals surface area contributed by atoms with Crippen LogP contribution in [0.5, 0.6) is 6.01 Å². The van der Waals surface area contributed by atoms with Crippen molar-refractivity contribution in [2.45, 2.75) is 32.6 Å². The van der Waals surface area contributed by atoms with Crippen LogP contribution in [0, 0.1) is 0 Å². The summed E-state index contributed by atoms with van der Waals surface area (Å²) in [5, 5.41) is 3.30. The number of rotatable bonds is 10. The number of thioether (sulfide) groups is 1. The third kappa shape index (κ3) is 7.42. The number of hydrogen-bond donors (Lipinski definition) is 1. The van der Waals surface area contributed by atoms with Crippen LogP contribution in [0.4, 0.5) is 5.95 Å². The Bertz CT molecular complexity index is 368. The number of hydrogen-bond acceptors (Lipinski definition) is 6. The molecule has 0 radical (unpaired) electrons. The van der Waals surface area contributed by atoms with Gasteiger partial charge in [-0.05, 0) is 43.4 Å². The Balaban J connectivity index is 2.25. The smallest absolute Gasteiger partial charge is 0.322 e. The molecule has 1 rings (SSSR count). The number of unbranched alkanes of at least 4 members (excludes halogenated alkanes) is 3. The van der Waals surface area contributed by atoms with E-state index in [1.807, 2.05) is 18.7 Å². The van der Waals surface area contributed by atoms with E-state index in [0.29, 0.717) is 12.6 Å². The van der Waals surface area contributed by atoms with Gasteiger partial charge in [-0.15, -0.1) is 0 Å². The van der Waals surface area contributed by atoms with Crippen LogP contribution in [0.25, 0.3) is 0 Å². The first kappa shape index (κ1) is 16.3. The molecule has 0 aliphatic rings. The third-order valence-electron chi connectivity index (χ3n) is 2.42. The van der Waals surface area contributed by atoms with E-state index < -0.39 is 0 Å². The molecule has 19 heavy (non-hydrogen) atoms. The predicted octanol–water partition coefficient (Wildman–Crippen LogP) is 3.26. The number of nitrogens with one attached hydrogen (secondary N) is 1. The van der Waals surface area contributed by atoms with Gasteiger partial charge in [-0.1, -0.05) is 12.8 Å². The second-order valence-electron chi connectivity index (χ2n) is 3.98. The summed E-state index contributed by atoms with van der Waals surface area (Å²) < 4.78 is 5.21. The Labute approximate surface area is 123 Å². The first-order valence-corrected chi connectivity index (χ1v) is 8.30. The maximum atomic E-state index is 5.80. The average Bonchev–Trinajstić information content (AvgIpc) is 2.37. The predicted molar refractivity (Wildman–Crippen MR) is 81.3 cm³/mol. The Kier molecular flexibility index (Phi) is 8.66. The van der Waals surface area contributed by atoms with Crippen molar-refractivity contribution in [3.05, 3.63) is 5.28 Å². The van der Waals surface area contributed by atoms with Crippen LogP contribution >= 0.6 is 23.4 Å². The van der Waals surface area contributed by atoms with Gasteiger partial charge in [-0.2, -0.15) is 26.7 Å². The van der Waals surface area contributed by atoms with Crippen molar-refractivity contribution in [3.63, 3.8) is 0 Å². The standard InChI is InChI=1S/C12H21ClN4OS/c1-3-18-12-16-10(13)15-11(17-12)14-8-6-4-5-7-9-19-2/h3-9H2,1-2H3,(H,14,15,16,17). The summed E-state index contributed by atoms with van der Waals surface area (Å²) in [6.45, 7) is 3.22. The molecular weight excluding hydrogens is 284 g/mol. The second kappa shape index (κ2) is 10.1. The summed E-state index contributed by atoms with van der Waals surface area (Å²) in [4.78, 5) is 12.0. The minimum absolute atomic E-state index is 0.154. The molecule has 1 aromatic heterocycles. The van der Waals surface area contributed by atoms with E-state index in [1.54, 1.807) is 0 Å². The van der Waals surface area contributed by atoms with Crippen LogP contribution in [0.2, 0.25) is 5.28 Å². The van der Waals surface area contributed by atoms with E-state index in [4.69, 9.17) is 16.3 Å². The number of ether oxygens (including phenoxy) is 1. The molecule has 0 amide bonds. The van der Waals surface area contributed by atoms with E-state index >= 15 is 0 Å². The Morgan fingerprint density at radius 2 is 1.95 bits per heavy atom. The monoisotopic (exact) mass is 304 g/mol. The summed E-state index contributed by atoms with van der Waals surface area (Å²) >= 11 is 7.70. The molecule has 0 bridgehead atoms. The van der Waals surface area contributed by atoms with Gasteiger partial charge in [-0.25, -0.2) is 0 Å². The van der Waals surface area contributed by atoms with Gasteiger partial charge >= 0.3 is 6.01 Å². The molecule has 0 aromatic carbocycles. The third-order valence-corrected chi connectivity index (χ3v) is 3.29. The van der Waals surface area contributed by atoms with Crippen LogP contribution in [-0.4, -0.2) is 40.1 Å². The van der Waals surface area contributed by atoms with E-state index in [2.05, 4.69) is 26.5 Å². The van der Waals surface area contributed by atoms with Crippen LogP contribution in [0.3, 0.4) is 0 Å². The molecule has 0 aliphatic heterocycles. The first-order chi connectivity index (χ1) is 9.26. The van der Waals surface area contributed by atoms with Gasteiger partial charge in [0, 0.05) is 6.54 Å². The Morgan fingerprint density at radius 3 is 2.68 bits per heavy atom. The fourth-order valence-electron chi connectivity index (χ4n) is 1.53. The average molecular weight is 305 g/mol. The van der Waals surface area contributed by atoms with E-state index in [1.165, 1.54) is 25.0 Å². The molecule has 1 N–H and O–H groups in total. The van der Waals surface area contributed by atoms with E-state index in [0.717, 1.165) is 13.0 Å². The zero-order chi connectivity index (χ0) is 13.9. The van der Waals surface area contributed by atoms with Gasteiger partial charge in [0.25, 0.3) is 0 Å². The molecule has 0 spiro atoms. The molecule has 1 heterocycles. The summed E-state index contributed by atoms with van der Waals surface area (Å²) in [6.07, 6.45) is 7.01. The molecule has 0 fully saturated rings. The van der Waals surface area contributed by atoms with Crippen molar-refractivity contribution in [1.82, 2.24) is 15.0 Å². The van der Waals surface area contributed by atoms with Crippen LogP contribution in [0.1, 0.15) is 32.6 Å². The Morgan fingerprint density at radius 1 is 1.16 bits per heavy atom. The minimum Gasteiger partial charge on any atom is -0.464 e. The van der Waals surface area contributed by atoms with Gasteiger partial charge in [0.1, 0.15) is 0 Å². The number of nitrogens with zero attached hydrogens (tertiary/aromatic N) is 3. The van der Waals surface area contributed by atoms with Gasteiger partial charge in [0.15, 0.2) is 0 Å². The molecule has 5 nitrogen and oxygen atoms in total. The fourth-order valence-corrected chi connectivity index (χ4v) is 2.17. The van der Waals surface area contributed by atoms with Crippen molar-refractivity contribution in [3.8, 4) is 6.01 Å². The fraction of sp³-hybridized carbons (Fsp3) is 0.750. The maximum Gasteiger partial charge on any atom is 0.322 e. The Hall–Kier alpha value is -0.750. The molecule has 108 valence electrons. The van der Waals surface area contributed by atoms with Crippen LogP contribution in [-0.2, 0) is 0 Å². The van der Waals surface area contributed by atoms with Crippen molar-refractivity contribution in [2.75, 3.05) is 30.5 Å². The van der Waals surface area contributed by atoms with Crippen molar-refractivity contribution in [2.24, 2.45) is 0 Å². The van der Waals surface area contributed by atoms with Gasteiger partial charge < -0.3 is 10.1 Å². The molecule has 0 aliphatic carbocycles. The first-order valence-electron chi connectivity index (χ1n) is 6.53. The molecule has 7 heteroatoms. The van der Waals surface area contributed by atoms with Crippen LogP contribution < -0.4 is 10.1 Å². The highest BCUT2D eigenvalue weighted by molar-refractivity contribution is 7.98. The highest BCUT2D eigenvalue weighted by atomic mass is 35.5. The lowest BCUT2D eigenvalue weighted by Crippen LogP contribution is -2.08. The lowest BCUT2D eigenvalue weighted by Gasteiger charge is -2.06. The second-order valence-corrected chi connectivity index (χ2v) is 5.30. The minimum atomic E-state index is 0.154. The van der Waals surface area contributed by atoms with Gasteiger partial charge in [0.2, 0.25) is 11.2 Å². The number of halogens is 1. The van der Waals surface area contributed by atoms with Crippen molar-refractivity contribution in [1.29, 1.82) is 0 Å². The highest BCUT2D eigenvalue weighted by Gasteiger charge is 2.04. The summed E-state index contributed by atoms with van der Waals surface area (Å²) in [5.41, 5.74) is 0. The van der Waals surface area contributed by atoms with E-state index in [-0.39, 0.29) is 11.3 Å². The topological polar surface area (TPSA) is 59.9 Å². The lowest BCUT2D eigenvalue weighted by molar-refractivity contribution is 0.312. The van der Waals surface area contributed by atoms with Crippen molar-refractivity contribution < 1.29 is 4.74 Å². The summed E-state index contributed by atoms with van der Waals surface area (Å²) in [5.74, 6) is 1.72. The zero-order valence-electron chi connectivity index (χ0n) is 11.5. The van der Waals surface area contributed by atoms with E-state index in [9.17, 15) is 0 Å². The summed E-state index contributed by atoms with van der Waals surface area (Å²) in [6, 6.07) is 0.268. The molecular formula is C12H21ClN4OS.